The van der Waals surface area contributed by atoms with Crippen LogP contribution in [-0.4, -0.2) is 31.4 Å². The third kappa shape index (κ3) is 3.16. The van der Waals surface area contributed by atoms with Crippen LogP contribution in [0.3, 0.4) is 0 Å². The molecule has 1 aromatic rings. The Labute approximate surface area is 121 Å². The summed E-state index contributed by atoms with van der Waals surface area (Å²) in [6, 6.07) is 5.34. The quantitative estimate of drug-likeness (QED) is 0.911. The topological polar surface area (TPSA) is 30.5 Å². The summed E-state index contributed by atoms with van der Waals surface area (Å²) >= 11 is 0. The van der Waals surface area contributed by atoms with Crippen molar-refractivity contribution in [1.29, 1.82) is 0 Å². The van der Waals surface area contributed by atoms with Gasteiger partial charge in [-0.25, -0.2) is 0 Å². The average Bonchev–Trinajstić information content (AvgIpc) is 2.81. The van der Waals surface area contributed by atoms with Crippen LogP contribution >= 0.6 is 0 Å². The first-order valence-corrected chi connectivity index (χ1v) is 7.16. The van der Waals surface area contributed by atoms with E-state index in [-0.39, 0.29) is 17.5 Å². The highest BCUT2D eigenvalue weighted by molar-refractivity contribution is 5.35. The summed E-state index contributed by atoms with van der Waals surface area (Å²) in [6.45, 7) is 2.11. The molecule has 0 radical (unpaired) electrons. The summed E-state index contributed by atoms with van der Waals surface area (Å²) in [6.07, 6.45) is -2.29. The number of nitrogens with one attached hydrogen (secondary N) is 1. The lowest BCUT2D eigenvalue weighted by molar-refractivity contribution is -0.139. The van der Waals surface area contributed by atoms with Gasteiger partial charge in [0.25, 0.3) is 0 Å². The molecule has 21 heavy (non-hydrogen) atoms. The van der Waals surface area contributed by atoms with E-state index in [1.165, 1.54) is 12.1 Å². The Bertz CT molecular complexity index is 498. The lowest BCUT2D eigenvalue weighted by Crippen LogP contribution is -2.41. The van der Waals surface area contributed by atoms with Crippen LogP contribution in [0.15, 0.2) is 24.3 Å². The van der Waals surface area contributed by atoms with E-state index in [0.29, 0.717) is 13.0 Å². The standard InChI is InChI=1S/C15H18F3NO2/c16-15(17,18)12-3-1-2-4-13(12)21-11-9-14(20-10-11)5-7-19-8-6-14/h1-4,11,19H,5-10H2. The predicted molar refractivity (Wildman–Crippen MR) is 71.3 cm³/mol. The molecule has 0 amide bonds. The van der Waals surface area contributed by atoms with E-state index < -0.39 is 11.7 Å². The summed E-state index contributed by atoms with van der Waals surface area (Å²) < 4.78 is 50.3. The monoisotopic (exact) mass is 301 g/mol. The Morgan fingerprint density at radius 3 is 2.62 bits per heavy atom. The zero-order valence-electron chi connectivity index (χ0n) is 11.6. The Balaban J connectivity index is 1.71. The van der Waals surface area contributed by atoms with E-state index in [4.69, 9.17) is 9.47 Å². The van der Waals surface area contributed by atoms with Crippen LogP contribution in [0, 0.1) is 0 Å². The lowest BCUT2D eigenvalue weighted by Gasteiger charge is -2.32. The Hall–Kier alpha value is -1.27. The van der Waals surface area contributed by atoms with E-state index in [2.05, 4.69) is 5.32 Å². The van der Waals surface area contributed by atoms with Crippen molar-refractivity contribution >= 4 is 0 Å². The maximum atomic E-state index is 13.0. The Morgan fingerprint density at radius 2 is 1.90 bits per heavy atom. The van der Waals surface area contributed by atoms with E-state index in [9.17, 15) is 13.2 Å². The third-order valence-electron chi connectivity index (χ3n) is 4.18. The Morgan fingerprint density at radius 1 is 1.19 bits per heavy atom. The van der Waals surface area contributed by atoms with Gasteiger partial charge < -0.3 is 14.8 Å². The second kappa shape index (κ2) is 5.50. The number of benzene rings is 1. The van der Waals surface area contributed by atoms with Crippen LogP contribution in [-0.2, 0) is 10.9 Å². The molecule has 0 bridgehead atoms. The first-order valence-electron chi connectivity index (χ1n) is 7.16. The molecule has 3 rings (SSSR count). The summed E-state index contributed by atoms with van der Waals surface area (Å²) in [5.41, 5.74) is -0.945. The minimum absolute atomic E-state index is 0.107. The molecule has 1 N–H and O–H groups in total. The molecule has 116 valence electrons. The molecule has 2 heterocycles. The van der Waals surface area contributed by atoms with Gasteiger partial charge in [-0.05, 0) is 38.1 Å². The largest absolute Gasteiger partial charge is 0.487 e. The normalized spacial score (nSPS) is 25.2. The number of hydrogen-bond acceptors (Lipinski definition) is 3. The summed E-state index contributed by atoms with van der Waals surface area (Å²) in [5, 5.41) is 3.26. The van der Waals surface area contributed by atoms with Crippen LogP contribution < -0.4 is 10.1 Å². The highest BCUT2D eigenvalue weighted by Gasteiger charge is 2.43. The van der Waals surface area contributed by atoms with Gasteiger partial charge in [0.2, 0.25) is 0 Å². The van der Waals surface area contributed by atoms with E-state index in [1.54, 1.807) is 6.07 Å². The van der Waals surface area contributed by atoms with Crippen LogP contribution in [0.4, 0.5) is 13.2 Å². The fraction of sp³-hybridized carbons (Fsp3) is 0.600. The number of halogens is 3. The smallest absolute Gasteiger partial charge is 0.419 e. The number of ether oxygens (including phenoxy) is 2. The van der Waals surface area contributed by atoms with Gasteiger partial charge in [-0.1, -0.05) is 12.1 Å². The van der Waals surface area contributed by atoms with E-state index in [1.807, 2.05) is 0 Å². The second-order valence-corrected chi connectivity index (χ2v) is 5.68. The van der Waals surface area contributed by atoms with Crippen molar-refractivity contribution in [1.82, 2.24) is 5.32 Å². The minimum Gasteiger partial charge on any atom is -0.487 e. The first-order chi connectivity index (χ1) is 9.99. The molecule has 0 aliphatic carbocycles. The number of rotatable bonds is 2. The average molecular weight is 301 g/mol. The van der Waals surface area contributed by atoms with Crippen molar-refractivity contribution < 1.29 is 22.6 Å². The van der Waals surface area contributed by atoms with Crippen molar-refractivity contribution in [2.45, 2.75) is 37.1 Å². The number of alkyl halides is 3. The third-order valence-corrected chi connectivity index (χ3v) is 4.18. The highest BCUT2D eigenvalue weighted by atomic mass is 19.4. The molecule has 2 fully saturated rings. The van der Waals surface area contributed by atoms with Gasteiger partial charge >= 0.3 is 6.18 Å². The molecule has 2 aliphatic heterocycles. The maximum absolute atomic E-state index is 13.0. The molecule has 1 aromatic carbocycles. The maximum Gasteiger partial charge on any atom is 0.419 e. The summed E-state index contributed by atoms with van der Waals surface area (Å²) in [4.78, 5) is 0. The molecule has 0 aromatic heterocycles. The van der Waals surface area contributed by atoms with E-state index in [0.717, 1.165) is 32.0 Å². The summed E-state index contributed by atoms with van der Waals surface area (Å²) in [7, 11) is 0. The van der Waals surface area contributed by atoms with Crippen LogP contribution in [0.5, 0.6) is 5.75 Å². The lowest BCUT2D eigenvalue weighted by atomic mass is 9.89. The number of para-hydroxylation sites is 1. The Kier molecular flexibility index (Phi) is 3.84. The van der Waals surface area contributed by atoms with Gasteiger partial charge in [-0.15, -0.1) is 0 Å². The number of hydrogen-bond donors (Lipinski definition) is 1. The zero-order valence-corrected chi connectivity index (χ0v) is 11.6. The second-order valence-electron chi connectivity index (χ2n) is 5.68. The fourth-order valence-corrected chi connectivity index (χ4v) is 3.09. The highest BCUT2D eigenvalue weighted by Crippen LogP contribution is 2.39. The van der Waals surface area contributed by atoms with E-state index >= 15 is 0 Å². The SMILES string of the molecule is FC(F)(F)c1ccccc1OC1COC2(CCNCC2)C1. The first kappa shape index (κ1) is 14.7. The molecule has 6 heteroatoms. The minimum atomic E-state index is -4.40. The molecule has 1 spiro atoms. The van der Waals surface area contributed by atoms with Gasteiger partial charge in [-0.3, -0.25) is 0 Å². The van der Waals surface area contributed by atoms with Crippen LogP contribution in [0.2, 0.25) is 0 Å². The summed E-state index contributed by atoms with van der Waals surface area (Å²) in [5.74, 6) is -0.107. The predicted octanol–water partition coefficient (Wildman–Crippen LogP) is 3.00. The zero-order chi connectivity index (χ0) is 14.9. The van der Waals surface area contributed by atoms with Crippen molar-refractivity contribution in [3.8, 4) is 5.75 Å². The van der Waals surface area contributed by atoms with Crippen molar-refractivity contribution in [2.75, 3.05) is 19.7 Å². The molecule has 1 atom stereocenters. The van der Waals surface area contributed by atoms with Crippen molar-refractivity contribution in [2.24, 2.45) is 0 Å². The molecule has 1 unspecified atom stereocenters. The van der Waals surface area contributed by atoms with Gasteiger partial charge in [0, 0.05) is 6.42 Å². The molecule has 3 nitrogen and oxygen atoms in total. The van der Waals surface area contributed by atoms with Gasteiger partial charge in [0.05, 0.1) is 17.8 Å². The van der Waals surface area contributed by atoms with Crippen LogP contribution in [0.1, 0.15) is 24.8 Å². The van der Waals surface area contributed by atoms with Crippen LogP contribution in [0.25, 0.3) is 0 Å². The van der Waals surface area contributed by atoms with Crippen molar-refractivity contribution in [3.05, 3.63) is 29.8 Å². The van der Waals surface area contributed by atoms with Gasteiger partial charge in [-0.2, -0.15) is 13.2 Å². The number of piperidine rings is 1. The molecule has 0 saturated carbocycles. The fourth-order valence-electron chi connectivity index (χ4n) is 3.09. The molecular weight excluding hydrogens is 283 g/mol. The molecular formula is C15H18F3NO2. The van der Waals surface area contributed by atoms with Gasteiger partial charge in [0.1, 0.15) is 11.9 Å². The molecule has 2 aliphatic rings. The molecule has 2 saturated heterocycles. The van der Waals surface area contributed by atoms with Crippen molar-refractivity contribution in [3.63, 3.8) is 0 Å². The van der Waals surface area contributed by atoms with Gasteiger partial charge in [0.15, 0.2) is 0 Å².